The Hall–Kier alpha value is -2.50. The molecule has 0 aliphatic carbocycles. The van der Waals surface area contributed by atoms with Crippen molar-refractivity contribution in [2.24, 2.45) is 11.8 Å². The maximum Gasteiger partial charge on any atom is 0.416 e. The van der Waals surface area contributed by atoms with Crippen molar-refractivity contribution >= 4 is 5.91 Å². The van der Waals surface area contributed by atoms with Crippen LogP contribution in [0.1, 0.15) is 63.1 Å². The highest BCUT2D eigenvalue weighted by Crippen LogP contribution is 2.31. The number of ether oxygens (including phenoxy) is 1. The second-order valence-corrected chi connectivity index (χ2v) is 9.68. The molecule has 0 bridgehead atoms. The monoisotopic (exact) mass is 461 g/mol. The molecule has 1 amide bonds. The maximum atomic E-state index is 13.3. The van der Waals surface area contributed by atoms with Crippen molar-refractivity contribution in [3.63, 3.8) is 0 Å². The molecule has 33 heavy (non-hydrogen) atoms. The Morgan fingerprint density at radius 1 is 1.03 bits per heavy atom. The highest BCUT2D eigenvalue weighted by Gasteiger charge is 2.33. The van der Waals surface area contributed by atoms with E-state index in [4.69, 9.17) is 4.74 Å². The van der Waals surface area contributed by atoms with Gasteiger partial charge in [0.05, 0.1) is 18.1 Å². The van der Waals surface area contributed by atoms with Crippen LogP contribution in [0.4, 0.5) is 13.2 Å². The number of piperidine rings is 1. The van der Waals surface area contributed by atoms with Crippen molar-refractivity contribution in [3.8, 4) is 5.75 Å². The lowest BCUT2D eigenvalue weighted by molar-refractivity contribution is -0.138. The summed E-state index contributed by atoms with van der Waals surface area (Å²) in [6.07, 6.45) is -1.53. The van der Waals surface area contributed by atoms with Gasteiger partial charge in [-0.25, -0.2) is 0 Å². The average molecular weight is 462 g/mol. The van der Waals surface area contributed by atoms with Crippen molar-refractivity contribution in [1.82, 2.24) is 4.90 Å². The Labute approximate surface area is 194 Å². The predicted molar refractivity (Wildman–Crippen MR) is 124 cm³/mol. The first kappa shape index (κ1) is 25.1. The molecule has 3 unspecified atom stereocenters. The molecule has 6 heteroatoms. The first-order valence-electron chi connectivity index (χ1n) is 11.7. The molecule has 0 aromatic heterocycles. The summed E-state index contributed by atoms with van der Waals surface area (Å²) in [6, 6.07) is 13.2. The van der Waals surface area contributed by atoms with Crippen LogP contribution in [0.2, 0.25) is 0 Å². The standard InChI is InChI=1S/C27H34F3NO2/c1-18(2)15-21-7-9-23(10-8-21)20(4)26(32)31-16-22(6-5-19(31)3)17-33-25-13-11-24(12-14-25)27(28,29)30/h7-14,18-20,22H,5-6,15-17H2,1-4H3. The lowest BCUT2D eigenvalue weighted by Gasteiger charge is -2.39. The normalized spacial score (nSPS) is 20.1. The Morgan fingerprint density at radius 3 is 2.24 bits per heavy atom. The first-order chi connectivity index (χ1) is 15.5. The number of hydrogen-bond acceptors (Lipinski definition) is 2. The minimum atomic E-state index is -4.36. The van der Waals surface area contributed by atoms with Crippen LogP contribution >= 0.6 is 0 Å². The molecule has 180 valence electrons. The number of amides is 1. The van der Waals surface area contributed by atoms with E-state index in [1.807, 2.05) is 11.8 Å². The van der Waals surface area contributed by atoms with Gasteiger partial charge in [0.1, 0.15) is 5.75 Å². The number of rotatable bonds is 7. The largest absolute Gasteiger partial charge is 0.493 e. The van der Waals surface area contributed by atoms with E-state index in [9.17, 15) is 18.0 Å². The quantitative estimate of drug-likeness (QED) is 0.458. The zero-order valence-electron chi connectivity index (χ0n) is 19.9. The van der Waals surface area contributed by atoms with Gasteiger partial charge in [0, 0.05) is 18.5 Å². The van der Waals surface area contributed by atoms with Gasteiger partial charge in [-0.3, -0.25) is 4.79 Å². The van der Waals surface area contributed by atoms with Crippen molar-refractivity contribution in [2.45, 2.75) is 65.1 Å². The van der Waals surface area contributed by atoms with Crippen molar-refractivity contribution < 1.29 is 22.7 Å². The van der Waals surface area contributed by atoms with Crippen LogP contribution in [0.3, 0.4) is 0 Å². The molecule has 3 atom stereocenters. The van der Waals surface area contributed by atoms with Gasteiger partial charge in [-0.15, -0.1) is 0 Å². The summed E-state index contributed by atoms with van der Waals surface area (Å²) in [4.78, 5) is 15.2. The van der Waals surface area contributed by atoms with Gasteiger partial charge in [0.2, 0.25) is 5.91 Å². The van der Waals surface area contributed by atoms with Crippen LogP contribution in [-0.2, 0) is 17.4 Å². The van der Waals surface area contributed by atoms with E-state index in [0.29, 0.717) is 24.8 Å². The molecular formula is C27H34F3NO2. The topological polar surface area (TPSA) is 29.5 Å². The lowest BCUT2D eigenvalue weighted by Crippen LogP contribution is -2.48. The summed E-state index contributed by atoms with van der Waals surface area (Å²) in [7, 11) is 0. The molecule has 2 aromatic rings. The number of carbonyl (C=O) groups is 1. The van der Waals surface area contributed by atoms with E-state index in [1.54, 1.807) is 0 Å². The molecule has 2 aromatic carbocycles. The summed E-state index contributed by atoms with van der Waals surface area (Å²) < 4.78 is 44.0. The van der Waals surface area contributed by atoms with Crippen molar-refractivity contribution in [2.75, 3.05) is 13.2 Å². The van der Waals surface area contributed by atoms with Crippen LogP contribution in [-0.4, -0.2) is 30.0 Å². The summed E-state index contributed by atoms with van der Waals surface area (Å²) in [5, 5.41) is 0. The molecule has 1 fully saturated rings. The van der Waals surface area contributed by atoms with Gasteiger partial charge in [-0.2, -0.15) is 13.2 Å². The Kier molecular flexibility index (Phi) is 8.09. The second kappa shape index (κ2) is 10.6. The predicted octanol–water partition coefficient (Wildman–Crippen LogP) is 6.71. The molecule has 0 saturated carbocycles. The van der Waals surface area contributed by atoms with E-state index in [-0.39, 0.29) is 23.8 Å². The Balaban J connectivity index is 1.58. The summed E-state index contributed by atoms with van der Waals surface area (Å²) in [5.74, 6) is 1.03. The van der Waals surface area contributed by atoms with Gasteiger partial charge < -0.3 is 9.64 Å². The van der Waals surface area contributed by atoms with Crippen molar-refractivity contribution in [1.29, 1.82) is 0 Å². The zero-order chi connectivity index (χ0) is 24.2. The summed E-state index contributed by atoms with van der Waals surface area (Å²) in [6.45, 7) is 9.37. The third kappa shape index (κ3) is 6.75. The minimum Gasteiger partial charge on any atom is -0.493 e. The number of carbonyl (C=O) groups excluding carboxylic acids is 1. The van der Waals surface area contributed by atoms with E-state index in [1.165, 1.54) is 17.7 Å². The fourth-order valence-electron chi connectivity index (χ4n) is 4.38. The highest BCUT2D eigenvalue weighted by atomic mass is 19.4. The average Bonchev–Trinajstić information content (AvgIpc) is 2.77. The fraction of sp³-hybridized carbons (Fsp3) is 0.519. The summed E-state index contributed by atoms with van der Waals surface area (Å²) >= 11 is 0. The lowest BCUT2D eigenvalue weighted by atomic mass is 9.90. The van der Waals surface area contributed by atoms with Gasteiger partial charge in [0.25, 0.3) is 0 Å². The number of halogens is 3. The molecule has 3 rings (SSSR count). The van der Waals surface area contributed by atoms with Crippen LogP contribution in [0.15, 0.2) is 48.5 Å². The first-order valence-corrected chi connectivity index (χ1v) is 11.7. The van der Waals surface area contributed by atoms with Gasteiger partial charge in [0.15, 0.2) is 0 Å². The number of nitrogens with zero attached hydrogens (tertiary/aromatic N) is 1. The van der Waals surface area contributed by atoms with E-state index >= 15 is 0 Å². The molecule has 1 heterocycles. The van der Waals surface area contributed by atoms with E-state index in [0.717, 1.165) is 37.0 Å². The highest BCUT2D eigenvalue weighted by molar-refractivity contribution is 5.83. The number of alkyl halides is 3. The number of hydrogen-bond donors (Lipinski definition) is 0. The molecule has 1 aliphatic heterocycles. The molecule has 0 N–H and O–H groups in total. The number of benzene rings is 2. The molecular weight excluding hydrogens is 427 g/mol. The Bertz CT molecular complexity index is 906. The van der Waals surface area contributed by atoms with Crippen LogP contribution in [0, 0.1) is 11.8 Å². The molecule has 0 spiro atoms. The van der Waals surface area contributed by atoms with Gasteiger partial charge >= 0.3 is 6.18 Å². The van der Waals surface area contributed by atoms with E-state index < -0.39 is 11.7 Å². The maximum absolute atomic E-state index is 13.3. The molecule has 3 nitrogen and oxygen atoms in total. The zero-order valence-corrected chi connectivity index (χ0v) is 19.9. The van der Waals surface area contributed by atoms with Gasteiger partial charge in [-0.05, 0) is 74.4 Å². The molecule has 0 radical (unpaired) electrons. The third-order valence-corrected chi connectivity index (χ3v) is 6.42. The minimum absolute atomic E-state index is 0.110. The van der Waals surface area contributed by atoms with E-state index in [2.05, 4.69) is 45.0 Å². The summed E-state index contributed by atoms with van der Waals surface area (Å²) in [5.41, 5.74) is 1.60. The smallest absolute Gasteiger partial charge is 0.416 e. The van der Waals surface area contributed by atoms with Crippen LogP contribution in [0.25, 0.3) is 0 Å². The number of likely N-dealkylation sites (tertiary alicyclic amines) is 1. The van der Waals surface area contributed by atoms with Crippen LogP contribution < -0.4 is 4.74 Å². The van der Waals surface area contributed by atoms with Gasteiger partial charge in [-0.1, -0.05) is 38.1 Å². The SMILES string of the molecule is CC(C)Cc1ccc(C(C)C(=O)N2CC(COc3ccc(C(F)(F)F)cc3)CCC2C)cc1. The fourth-order valence-corrected chi connectivity index (χ4v) is 4.38. The Morgan fingerprint density at radius 2 is 1.67 bits per heavy atom. The molecule has 1 aliphatic rings. The third-order valence-electron chi connectivity index (χ3n) is 6.42. The van der Waals surface area contributed by atoms with Crippen LogP contribution in [0.5, 0.6) is 5.75 Å². The second-order valence-electron chi connectivity index (χ2n) is 9.68. The van der Waals surface area contributed by atoms with Crippen molar-refractivity contribution in [3.05, 3.63) is 65.2 Å². The molecule has 1 saturated heterocycles.